The fraction of sp³-hybridized carbons (Fsp3) is 0.364. The number of hydrogen-bond donors (Lipinski definition) is 1. The minimum absolute atomic E-state index is 0.0579. The molecule has 2 atom stereocenters. The van der Waals surface area contributed by atoms with E-state index < -0.39 is 6.10 Å². The molecule has 2 heterocycles. The third-order valence-corrected chi connectivity index (χ3v) is 5.12. The number of morpholine rings is 1. The predicted molar refractivity (Wildman–Crippen MR) is 105 cm³/mol. The summed E-state index contributed by atoms with van der Waals surface area (Å²) in [6.07, 6.45) is 1.11. The molecule has 146 valence electrons. The number of nitrogens with one attached hydrogen (secondary N) is 1. The second kappa shape index (κ2) is 8.54. The molecule has 6 nitrogen and oxygen atoms in total. The van der Waals surface area contributed by atoms with Gasteiger partial charge in [0, 0.05) is 24.4 Å². The van der Waals surface area contributed by atoms with Gasteiger partial charge in [0.15, 0.2) is 0 Å². The van der Waals surface area contributed by atoms with Crippen LogP contribution in [0.5, 0.6) is 0 Å². The second-order valence-corrected chi connectivity index (χ2v) is 7.09. The minimum Gasteiger partial charge on any atom is -0.370 e. The minimum atomic E-state index is -0.398. The summed E-state index contributed by atoms with van der Waals surface area (Å²) in [5.74, 6) is -0.213. The number of nitrogens with zero attached hydrogens (tertiary/aromatic N) is 1. The van der Waals surface area contributed by atoms with Crippen LogP contribution in [0.3, 0.4) is 0 Å². The van der Waals surface area contributed by atoms with Crippen molar-refractivity contribution in [3.63, 3.8) is 0 Å². The lowest BCUT2D eigenvalue weighted by atomic mass is 10.1. The maximum Gasteiger partial charge on any atom is 0.254 e. The van der Waals surface area contributed by atoms with Crippen LogP contribution >= 0.6 is 0 Å². The third-order valence-electron chi connectivity index (χ3n) is 5.12. The summed E-state index contributed by atoms with van der Waals surface area (Å²) in [5.41, 5.74) is 2.23. The zero-order valence-corrected chi connectivity index (χ0v) is 15.7. The molecular formula is C22H24N2O4. The highest BCUT2D eigenvalue weighted by atomic mass is 16.5. The Morgan fingerprint density at radius 3 is 2.64 bits per heavy atom. The van der Waals surface area contributed by atoms with Gasteiger partial charge in [-0.15, -0.1) is 0 Å². The number of hydrogen-bond acceptors (Lipinski definition) is 4. The van der Waals surface area contributed by atoms with Gasteiger partial charge in [0.05, 0.1) is 13.2 Å². The number of rotatable bonds is 4. The zero-order valence-electron chi connectivity index (χ0n) is 15.7. The molecule has 2 aliphatic rings. The number of carbonyl (C=O) groups excluding carboxylic acids is 2. The van der Waals surface area contributed by atoms with Gasteiger partial charge in [-0.05, 0) is 36.6 Å². The summed E-state index contributed by atoms with van der Waals surface area (Å²) in [6.45, 7) is 2.18. The van der Waals surface area contributed by atoms with Crippen LogP contribution in [0.15, 0.2) is 54.6 Å². The first-order valence-electron chi connectivity index (χ1n) is 9.69. The molecule has 2 fully saturated rings. The lowest BCUT2D eigenvalue weighted by Gasteiger charge is -2.33. The van der Waals surface area contributed by atoms with E-state index >= 15 is 0 Å². The molecule has 2 amide bonds. The highest BCUT2D eigenvalue weighted by Crippen LogP contribution is 2.24. The fourth-order valence-corrected chi connectivity index (χ4v) is 3.62. The lowest BCUT2D eigenvalue weighted by Crippen LogP contribution is -2.42. The van der Waals surface area contributed by atoms with Crippen molar-refractivity contribution in [1.82, 2.24) is 4.90 Å². The molecule has 0 aromatic heterocycles. The SMILES string of the molecule is O=C(Nc1cccc(C(=O)N2CCOC(c3ccccc3)C2)c1)C1CCCO1. The molecule has 2 aromatic carbocycles. The first kappa shape index (κ1) is 18.7. The van der Waals surface area contributed by atoms with Crippen molar-refractivity contribution in [3.8, 4) is 0 Å². The maximum absolute atomic E-state index is 13.0. The Labute approximate surface area is 164 Å². The molecule has 0 saturated carbocycles. The Hall–Kier alpha value is -2.70. The summed E-state index contributed by atoms with van der Waals surface area (Å²) in [7, 11) is 0. The topological polar surface area (TPSA) is 67.9 Å². The van der Waals surface area contributed by atoms with Gasteiger partial charge in [0.1, 0.15) is 12.2 Å². The molecule has 2 saturated heterocycles. The fourth-order valence-electron chi connectivity index (χ4n) is 3.62. The van der Waals surface area contributed by atoms with E-state index in [9.17, 15) is 9.59 Å². The average molecular weight is 380 g/mol. The Bertz CT molecular complexity index is 833. The van der Waals surface area contributed by atoms with E-state index in [0.29, 0.717) is 37.6 Å². The van der Waals surface area contributed by atoms with Gasteiger partial charge in [0.2, 0.25) is 0 Å². The Balaban J connectivity index is 1.43. The highest BCUT2D eigenvalue weighted by Gasteiger charge is 2.27. The van der Waals surface area contributed by atoms with Crippen molar-refractivity contribution >= 4 is 17.5 Å². The molecule has 2 aliphatic heterocycles. The van der Waals surface area contributed by atoms with Gasteiger partial charge in [-0.2, -0.15) is 0 Å². The van der Waals surface area contributed by atoms with Crippen LogP contribution in [0.4, 0.5) is 5.69 Å². The molecule has 0 bridgehead atoms. The smallest absolute Gasteiger partial charge is 0.254 e. The largest absolute Gasteiger partial charge is 0.370 e. The molecule has 6 heteroatoms. The summed E-state index contributed by atoms with van der Waals surface area (Å²) in [5, 5.41) is 2.86. The van der Waals surface area contributed by atoms with Crippen molar-refractivity contribution in [3.05, 3.63) is 65.7 Å². The molecule has 4 rings (SSSR count). The van der Waals surface area contributed by atoms with Crippen LogP contribution in [0, 0.1) is 0 Å². The average Bonchev–Trinajstić information content (AvgIpc) is 3.29. The number of benzene rings is 2. The van der Waals surface area contributed by atoms with Crippen LogP contribution in [0.25, 0.3) is 0 Å². The Morgan fingerprint density at radius 2 is 1.86 bits per heavy atom. The normalized spacial score (nSPS) is 22.1. The number of carbonyl (C=O) groups is 2. The molecule has 0 radical (unpaired) electrons. The standard InChI is InChI=1S/C22H24N2O4/c25-21(19-10-5-12-27-19)23-18-9-4-8-17(14-18)22(26)24-11-13-28-20(15-24)16-6-2-1-3-7-16/h1-4,6-9,14,19-20H,5,10-13,15H2,(H,23,25). The van der Waals surface area contributed by atoms with Gasteiger partial charge in [-0.3, -0.25) is 9.59 Å². The van der Waals surface area contributed by atoms with E-state index in [-0.39, 0.29) is 17.9 Å². The highest BCUT2D eigenvalue weighted by molar-refractivity contribution is 5.98. The van der Waals surface area contributed by atoms with Crippen molar-refractivity contribution in [2.24, 2.45) is 0 Å². The zero-order chi connectivity index (χ0) is 19.3. The maximum atomic E-state index is 13.0. The molecule has 2 unspecified atom stereocenters. The van der Waals surface area contributed by atoms with Crippen LogP contribution in [-0.2, 0) is 14.3 Å². The molecule has 28 heavy (non-hydrogen) atoms. The number of amides is 2. The lowest BCUT2D eigenvalue weighted by molar-refractivity contribution is -0.124. The number of ether oxygens (including phenoxy) is 2. The molecule has 0 spiro atoms. The molecule has 1 N–H and O–H groups in total. The van der Waals surface area contributed by atoms with Gasteiger partial charge in [0.25, 0.3) is 11.8 Å². The summed E-state index contributed by atoms with van der Waals surface area (Å²) >= 11 is 0. The van der Waals surface area contributed by atoms with Crippen LogP contribution < -0.4 is 5.32 Å². The molecule has 0 aliphatic carbocycles. The van der Waals surface area contributed by atoms with Crippen LogP contribution in [-0.4, -0.2) is 49.1 Å². The van der Waals surface area contributed by atoms with Crippen LogP contribution in [0.2, 0.25) is 0 Å². The number of anilines is 1. The van der Waals surface area contributed by atoms with Crippen molar-refractivity contribution < 1.29 is 19.1 Å². The summed E-state index contributed by atoms with van der Waals surface area (Å²) in [6, 6.07) is 17.0. The first-order valence-corrected chi connectivity index (χ1v) is 9.69. The monoisotopic (exact) mass is 380 g/mol. The molecular weight excluding hydrogens is 356 g/mol. The van der Waals surface area contributed by atoms with Crippen molar-refractivity contribution in [2.45, 2.75) is 25.0 Å². The molecule has 2 aromatic rings. The van der Waals surface area contributed by atoms with Gasteiger partial charge in [-0.25, -0.2) is 0 Å². The third kappa shape index (κ3) is 4.24. The van der Waals surface area contributed by atoms with Crippen LogP contribution in [0.1, 0.15) is 34.9 Å². The first-order chi connectivity index (χ1) is 13.7. The van der Waals surface area contributed by atoms with Crippen molar-refractivity contribution in [1.29, 1.82) is 0 Å². The van der Waals surface area contributed by atoms with E-state index in [2.05, 4.69) is 5.32 Å². The Morgan fingerprint density at radius 1 is 1.00 bits per heavy atom. The summed E-state index contributed by atoms with van der Waals surface area (Å²) in [4.78, 5) is 27.1. The quantitative estimate of drug-likeness (QED) is 0.885. The second-order valence-electron chi connectivity index (χ2n) is 7.09. The predicted octanol–water partition coefficient (Wildman–Crippen LogP) is 3.02. The van der Waals surface area contributed by atoms with E-state index in [4.69, 9.17) is 9.47 Å². The van der Waals surface area contributed by atoms with Crippen molar-refractivity contribution in [2.75, 3.05) is 31.6 Å². The van der Waals surface area contributed by atoms with E-state index in [1.165, 1.54) is 0 Å². The van der Waals surface area contributed by atoms with E-state index in [1.807, 2.05) is 35.2 Å². The van der Waals surface area contributed by atoms with E-state index in [1.54, 1.807) is 24.3 Å². The van der Waals surface area contributed by atoms with Gasteiger partial charge < -0.3 is 19.7 Å². The van der Waals surface area contributed by atoms with Gasteiger partial charge in [-0.1, -0.05) is 36.4 Å². The van der Waals surface area contributed by atoms with Gasteiger partial charge >= 0.3 is 0 Å². The Kier molecular flexibility index (Phi) is 5.69. The van der Waals surface area contributed by atoms with E-state index in [0.717, 1.165) is 18.4 Å². The summed E-state index contributed by atoms with van der Waals surface area (Å²) < 4.78 is 11.3.